The van der Waals surface area contributed by atoms with E-state index in [1.807, 2.05) is 23.8 Å². The van der Waals surface area contributed by atoms with Crippen molar-refractivity contribution in [2.45, 2.75) is 32.5 Å². The van der Waals surface area contributed by atoms with Crippen LogP contribution in [0.4, 0.5) is 13.2 Å². The average Bonchev–Trinajstić information content (AvgIpc) is 3.41. The quantitative estimate of drug-likeness (QED) is 0.315. The second-order valence-corrected chi connectivity index (χ2v) is 11.2. The van der Waals surface area contributed by atoms with Crippen molar-refractivity contribution < 1.29 is 31.1 Å². The van der Waals surface area contributed by atoms with Crippen LogP contribution in [0.2, 0.25) is 0 Å². The standard InChI is InChI=1S/C25H24F3N3O4S2/c1-3-22-20(29-24(36-22)16-4-6-18(7-5-16)25(26,27)28)11-13-35-19-8-9-21-17(14-19)10-12-31(21)15-23(32)30-37(2,33)34/h4-10,12,14H,3,11,13,15H2,1-2H3,(H,30,32). The van der Waals surface area contributed by atoms with Crippen LogP contribution in [0.3, 0.4) is 0 Å². The fourth-order valence-corrected chi connectivity index (χ4v) is 5.38. The molecule has 0 unspecified atom stereocenters. The molecule has 0 aliphatic rings. The topological polar surface area (TPSA) is 90.3 Å². The molecular weight excluding hydrogens is 527 g/mol. The van der Waals surface area contributed by atoms with Crippen molar-refractivity contribution in [2.75, 3.05) is 12.9 Å². The molecular formula is C25H24F3N3O4S2. The third kappa shape index (κ3) is 6.69. The van der Waals surface area contributed by atoms with E-state index in [1.54, 1.807) is 22.9 Å². The van der Waals surface area contributed by atoms with Gasteiger partial charge in [-0.1, -0.05) is 19.1 Å². The van der Waals surface area contributed by atoms with E-state index < -0.39 is 27.7 Å². The predicted octanol–water partition coefficient (Wildman–Crippen LogP) is 5.04. The maximum atomic E-state index is 12.9. The number of halogens is 3. The molecule has 37 heavy (non-hydrogen) atoms. The van der Waals surface area contributed by atoms with Gasteiger partial charge in [0.2, 0.25) is 10.0 Å². The number of hydrogen-bond acceptors (Lipinski definition) is 6. The summed E-state index contributed by atoms with van der Waals surface area (Å²) in [5.74, 6) is -0.00643. The number of thiazole rings is 1. The Hall–Kier alpha value is -3.38. The zero-order valence-corrected chi connectivity index (χ0v) is 21.6. The van der Waals surface area contributed by atoms with Crippen molar-refractivity contribution in [3.05, 3.63) is 70.9 Å². The van der Waals surface area contributed by atoms with Gasteiger partial charge in [0, 0.05) is 34.0 Å². The van der Waals surface area contributed by atoms with Crippen molar-refractivity contribution in [1.82, 2.24) is 14.3 Å². The molecule has 2 aromatic carbocycles. The van der Waals surface area contributed by atoms with Crippen LogP contribution in [0.1, 0.15) is 23.1 Å². The molecule has 196 valence electrons. The molecule has 0 aliphatic carbocycles. The number of hydrogen-bond donors (Lipinski definition) is 1. The molecule has 4 rings (SSSR count). The number of carbonyl (C=O) groups is 1. The highest BCUT2D eigenvalue weighted by atomic mass is 32.2. The third-order valence-corrected chi connectivity index (χ3v) is 7.41. The molecule has 4 aromatic rings. The molecule has 0 aliphatic heterocycles. The highest BCUT2D eigenvalue weighted by molar-refractivity contribution is 7.89. The van der Waals surface area contributed by atoms with Crippen LogP contribution >= 0.6 is 11.3 Å². The van der Waals surface area contributed by atoms with Crippen LogP contribution in [-0.4, -0.2) is 36.7 Å². The Kier molecular flexibility index (Phi) is 7.60. The third-order valence-electron chi connectivity index (χ3n) is 5.52. The van der Waals surface area contributed by atoms with Gasteiger partial charge in [-0.05, 0) is 42.8 Å². The molecule has 0 saturated heterocycles. The number of fused-ring (bicyclic) bond motifs is 1. The highest BCUT2D eigenvalue weighted by Gasteiger charge is 2.30. The molecule has 7 nitrogen and oxygen atoms in total. The molecule has 0 atom stereocenters. The summed E-state index contributed by atoms with van der Waals surface area (Å²) in [6.45, 7) is 2.22. The zero-order valence-electron chi connectivity index (χ0n) is 20.0. The first kappa shape index (κ1) is 26.7. The van der Waals surface area contributed by atoms with Crippen LogP contribution in [0.25, 0.3) is 21.5 Å². The number of benzene rings is 2. The van der Waals surface area contributed by atoms with E-state index in [-0.39, 0.29) is 6.54 Å². The number of amides is 1. The minimum absolute atomic E-state index is 0.137. The predicted molar refractivity (Wildman–Crippen MR) is 136 cm³/mol. The first-order chi connectivity index (χ1) is 17.4. The van der Waals surface area contributed by atoms with Crippen molar-refractivity contribution in [2.24, 2.45) is 0 Å². The van der Waals surface area contributed by atoms with E-state index in [0.717, 1.165) is 46.3 Å². The molecule has 2 aromatic heterocycles. The largest absolute Gasteiger partial charge is 0.493 e. The maximum absolute atomic E-state index is 12.9. The first-order valence-corrected chi connectivity index (χ1v) is 14.0. The number of aromatic nitrogens is 2. The number of nitrogens with zero attached hydrogens (tertiary/aromatic N) is 2. The molecule has 12 heteroatoms. The normalized spacial score (nSPS) is 12.1. The summed E-state index contributed by atoms with van der Waals surface area (Å²) >= 11 is 1.46. The van der Waals surface area contributed by atoms with Crippen molar-refractivity contribution in [3.63, 3.8) is 0 Å². The van der Waals surface area contributed by atoms with Crippen molar-refractivity contribution in [1.29, 1.82) is 0 Å². The summed E-state index contributed by atoms with van der Waals surface area (Å²) in [6.07, 6.45) is -0.475. The van der Waals surface area contributed by atoms with Gasteiger partial charge >= 0.3 is 6.18 Å². The van der Waals surface area contributed by atoms with E-state index in [0.29, 0.717) is 29.3 Å². The van der Waals surface area contributed by atoms with Crippen LogP contribution in [0, 0.1) is 0 Å². The number of rotatable bonds is 9. The summed E-state index contributed by atoms with van der Waals surface area (Å²) in [6, 6.07) is 12.2. The van der Waals surface area contributed by atoms with Gasteiger partial charge < -0.3 is 9.30 Å². The van der Waals surface area contributed by atoms with E-state index in [2.05, 4.69) is 4.98 Å². The van der Waals surface area contributed by atoms with Crippen LogP contribution < -0.4 is 9.46 Å². The molecule has 0 saturated carbocycles. The van der Waals surface area contributed by atoms with E-state index in [1.165, 1.54) is 23.5 Å². The molecule has 2 heterocycles. The molecule has 0 radical (unpaired) electrons. The Morgan fingerprint density at radius 1 is 1.14 bits per heavy atom. The Bertz CT molecular complexity index is 1530. The van der Waals surface area contributed by atoms with Crippen LogP contribution in [-0.2, 0) is 40.4 Å². The van der Waals surface area contributed by atoms with E-state index in [4.69, 9.17) is 4.74 Å². The summed E-state index contributed by atoms with van der Waals surface area (Å²) < 4.78 is 70.5. The SMILES string of the molecule is CCc1sc(-c2ccc(C(F)(F)F)cc2)nc1CCOc1ccc2c(ccn2CC(=O)NS(C)(=O)=O)c1. The van der Waals surface area contributed by atoms with Gasteiger partial charge in [0.25, 0.3) is 5.91 Å². The van der Waals surface area contributed by atoms with Crippen molar-refractivity contribution >= 4 is 38.2 Å². The molecule has 0 spiro atoms. The lowest BCUT2D eigenvalue weighted by Gasteiger charge is -2.08. The minimum atomic E-state index is -4.38. The number of carbonyl (C=O) groups excluding carboxylic acids is 1. The zero-order chi connectivity index (χ0) is 26.8. The fourth-order valence-electron chi connectivity index (χ4n) is 3.85. The van der Waals surface area contributed by atoms with Gasteiger partial charge in [0.05, 0.1) is 24.1 Å². The number of aryl methyl sites for hydroxylation is 1. The highest BCUT2D eigenvalue weighted by Crippen LogP contribution is 2.33. The smallest absolute Gasteiger partial charge is 0.416 e. The second-order valence-electron chi connectivity index (χ2n) is 8.38. The second kappa shape index (κ2) is 10.5. The fraction of sp³-hybridized carbons (Fsp3) is 0.280. The lowest BCUT2D eigenvalue weighted by Crippen LogP contribution is -2.32. The van der Waals surface area contributed by atoms with E-state index >= 15 is 0 Å². The van der Waals surface area contributed by atoms with E-state index in [9.17, 15) is 26.4 Å². The Balaban J connectivity index is 1.40. The Labute approximate surface area is 216 Å². The minimum Gasteiger partial charge on any atom is -0.493 e. The summed E-state index contributed by atoms with van der Waals surface area (Å²) in [4.78, 5) is 17.6. The van der Waals surface area contributed by atoms with Gasteiger partial charge in [-0.2, -0.15) is 13.2 Å². The molecule has 0 bridgehead atoms. The summed E-state index contributed by atoms with van der Waals surface area (Å²) in [5, 5.41) is 1.50. The summed E-state index contributed by atoms with van der Waals surface area (Å²) in [5.41, 5.74) is 1.55. The molecule has 1 amide bonds. The number of sulfonamides is 1. The first-order valence-electron chi connectivity index (χ1n) is 11.3. The lowest BCUT2D eigenvalue weighted by atomic mass is 10.1. The maximum Gasteiger partial charge on any atom is 0.416 e. The molecule has 0 fully saturated rings. The number of alkyl halides is 3. The Morgan fingerprint density at radius 2 is 1.86 bits per heavy atom. The van der Waals surface area contributed by atoms with Gasteiger partial charge in [-0.25, -0.2) is 13.4 Å². The van der Waals surface area contributed by atoms with Gasteiger partial charge in [-0.15, -0.1) is 11.3 Å². The number of nitrogens with one attached hydrogen (secondary N) is 1. The number of ether oxygens (including phenoxy) is 1. The van der Waals surface area contributed by atoms with Gasteiger partial charge in [0.15, 0.2) is 0 Å². The summed E-state index contributed by atoms with van der Waals surface area (Å²) in [7, 11) is -3.62. The van der Waals surface area contributed by atoms with Crippen LogP contribution in [0.15, 0.2) is 54.7 Å². The monoisotopic (exact) mass is 551 g/mol. The average molecular weight is 552 g/mol. The lowest BCUT2D eigenvalue weighted by molar-refractivity contribution is -0.137. The van der Waals surface area contributed by atoms with Crippen molar-refractivity contribution in [3.8, 4) is 16.3 Å². The van der Waals surface area contributed by atoms with Crippen LogP contribution in [0.5, 0.6) is 5.75 Å². The molecule has 1 N–H and O–H groups in total. The van der Waals surface area contributed by atoms with Gasteiger partial charge in [0.1, 0.15) is 17.3 Å². The van der Waals surface area contributed by atoms with Gasteiger partial charge in [-0.3, -0.25) is 9.52 Å². The Morgan fingerprint density at radius 3 is 2.51 bits per heavy atom.